The zero-order valence-corrected chi connectivity index (χ0v) is 12.3. The van der Waals surface area contributed by atoms with Crippen molar-refractivity contribution in [1.82, 2.24) is 4.98 Å². The fourth-order valence-electron chi connectivity index (χ4n) is 2.70. The van der Waals surface area contributed by atoms with E-state index in [9.17, 15) is 15.0 Å². The van der Waals surface area contributed by atoms with Gasteiger partial charge in [0.2, 0.25) is 5.78 Å². The lowest BCUT2D eigenvalue weighted by atomic mass is 9.91. The van der Waals surface area contributed by atoms with Gasteiger partial charge in [0.05, 0.1) is 12.1 Å². The summed E-state index contributed by atoms with van der Waals surface area (Å²) >= 11 is 0. The number of benzene rings is 1. The number of aliphatic hydroxyl groups is 2. The minimum absolute atomic E-state index is 0.150. The maximum atomic E-state index is 11.9. The summed E-state index contributed by atoms with van der Waals surface area (Å²) in [6, 6.07) is 5.47. The smallest absolute Gasteiger partial charge is 0.220 e. The second kappa shape index (κ2) is 6.03. The highest BCUT2D eigenvalue weighted by Gasteiger charge is 2.23. The van der Waals surface area contributed by atoms with Crippen LogP contribution in [-0.4, -0.2) is 34.2 Å². The molecule has 1 heterocycles. The number of para-hydroxylation sites is 1. The number of ether oxygens (including phenoxy) is 1. The number of carbonyl (C=O) groups is 1. The summed E-state index contributed by atoms with van der Waals surface area (Å²) in [7, 11) is 0. The molecule has 0 bridgehead atoms. The number of ketones is 1. The molecule has 5 heteroatoms. The minimum Gasteiger partial charge on any atom is -0.504 e. The van der Waals surface area contributed by atoms with Gasteiger partial charge in [0.25, 0.3) is 0 Å². The standard InChI is InChI=1S/C18H15NO4/c1-2-6-23-16-5-3-4-12-14(9-19-17(12)16)13-7-11(10-20)8-15(21)18(13)22/h1,3-5,8-9,19-20,22H,6-7,10H2. The van der Waals surface area contributed by atoms with Crippen LogP contribution < -0.4 is 4.74 Å². The third-order valence-corrected chi connectivity index (χ3v) is 3.77. The molecule has 0 aliphatic heterocycles. The average molecular weight is 309 g/mol. The fraction of sp³-hybridized carbons (Fsp3) is 0.167. The van der Waals surface area contributed by atoms with E-state index in [1.54, 1.807) is 12.3 Å². The number of fused-ring (bicyclic) bond motifs is 1. The van der Waals surface area contributed by atoms with E-state index in [2.05, 4.69) is 10.9 Å². The molecule has 0 saturated carbocycles. The van der Waals surface area contributed by atoms with Crippen molar-refractivity contribution in [1.29, 1.82) is 0 Å². The highest BCUT2D eigenvalue weighted by atomic mass is 16.5. The summed E-state index contributed by atoms with van der Waals surface area (Å²) in [6.07, 6.45) is 8.52. The van der Waals surface area contributed by atoms with Crippen LogP contribution in [0.1, 0.15) is 12.0 Å². The maximum absolute atomic E-state index is 11.9. The Morgan fingerprint density at radius 2 is 2.22 bits per heavy atom. The summed E-state index contributed by atoms with van der Waals surface area (Å²) < 4.78 is 5.50. The number of aromatic amines is 1. The molecule has 0 saturated heterocycles. The molecule has 0 fully saturated rings. The first-order valence-corrected chi connectivity index (χ1v) is 7.09. The Kier molecular flexibility index (Phi) is 3.92. The molecule has 3 N–H and O–H groups in total. The molecule has 5 nitrogen and oxygen atoms in total. The topological polar surface area (TPSA) is 82.6 Å². The summed E-state index contributed by atoms with van der Waals surface area (Å²) in [5.41, 5.74) is 2.50. The highest BCUT2D eigenvalue weighted by molar-refractivity contribution is 6.12. The zero-order valence-electron chi connectivity index (χ0n) is 12.3. The van der Waals surface area contributed by atoms with Crippen LogP contribution in [0.3, 0.4) is 0 Å². The molecule has 0 amide bonds. The molecule has 1 aromatic heterocycles. The van der Waals surface area contributed by atoms with E-state index in [1.807, 2.05) is 12.1 Å². The lowest BCUT2D eigenvalue weighted by Crippen LogP contribution is -2.11. The quantitative estimate of drug-likeness (QED) is 0.757. The number of aromatic nitrogens is 1. The van der Waals surface area contributed by atoms with E-state index in [1.165, 1.54) is 6.08 Å². The van der Waals surface area contributed by atoms with Crippen molar-refractivity contribution < 1.29 is 19.7 Å². The predicted molar refractivity (Wildman–Crippen MR) is 87.0 cm³/mol. The summed E-state index contributed by atoms with van der Waals surface area (Å²) in [4.78, 5) is 15.0. The van der Waals surface area contributed by atoms with Gasteiger partial charge in [-0.05, 0) is 17.7 Å². The molecule has 0 unspecified atom stereocenters. The molecular formula is C18H15NO4. The van der Waals surface area contributed by atoms with Crippen LogP contribution >= 0.6 is 0 Å². The summed E-state index contributed by atoms with van der Waals surface area (Å²) in [5, 5.41) is 20.2. The molecule has 23 heavy (non-hydrogen) atoms. The number of carbonyl (C=O) groups excluding carboxylic acids is 1. The van der Waals surface area contributed by atoms with Crippen molar-refractivity contribution >= 4 is 22.3 Å². The highest BCUT2D eigenvalue weighted by Crippen LogP contribution is 2.36. The zero-order chi connectivity index (χ0) is 16.4. The van der Waals surface area contributed by atoms with Crippen molar-refractivity contribution in [3.8, 4) is 18.1 Å². The van der Waals surface area contributed by atoms with Gasteiger partial charge in [-0.2, -0.15) is 0 Å². The van der Waals surface area contributed by atoms with Gasteiger partial charge in [-0.15, -0.1) is 6.42 Å². The Balaban J connectivity index is 2.09. The van der Waals surface area contributed by atoms with Crippen LogP contribution in [0.15, 0.2) is 41.8 Å². The van der Waals surface area contributed by atoms with Crippen LogP contribution in [-0.2, 0) is 4.79 Å². The first kappa shape index (κ1) is 14.9. The van der Waals surface area contributed by atoms with E-state index in [0.717, 1.165) is 10.9 Å². The molecule has 0 radical (unpaired) electrons. The lowest BCUT2D eigenvalue weighted by Gasteiger charge is -2.15. The van der Waals surface area contributed by atoms with Crippen LogP contribution in [0.5, 0.6) is 5.75 Å². The van der Waals surface area contributed by atoms with Gasteiger partial charge in [-0.1, -0.05) is 18.1 Å². The molecule has 2 aromatic rings. The molecule has 0 spiro atoms. The largest absolute Gasteiger partial charge is 0.504 e. The number of hydrogen-bond acceptors (Lipinski definition) is 4. The van der Waals surface area contributed by atoms with Crippen molar-refractivity contribution in [2.24, 2.45) is 0 Å². The summed E-state index contributed by atoms with van der Waals surface area (Å²) in [6.45, 7) is -0.0707. The number of aliphatic hydroxyl groups excluding tert-OH is 2. The van der Waals surface area contributed by atoms with E-state index in [4.69, 9.17) is 11.2 Å². The minimum atomic E-state index is -0.496. The van der Waals surface area contributed by atoms with Crippen molar-refractivity contribution in [3.63, 3.8) is 0 Å². The summed E-state index contributed by atoms with van der Waals surface area (Å²) in [5.74, 6) is 2.23. The van der Waals surface area contributed by atoms with E-state index < -0.39 is 5.78 Å². The Bertz CT molecular complexity index is 880. The van der Waals surface area contributed by atoms with Gasteiger partial charge >= 0.3 is 0 Å². The third-order valence-electron chi connectivity index (χ3n) is 3.77. The van der Waals surface area contributed by atoms with Gasteiger partial charge in [-0.25, -0.2) is 0 Å². The van der Waals surface area contributed by atoms with Gasteiger partial charge in [0.15, 0.2) is 5.76 Å². The van der Waals surface area contributed by atoms with Crippen LogP contribution in [0, 0.1) is 12.3 Å². The van der Waals surface area contributed by atoms with Crippen LogP contribution in [0.2, 0.25) is 0 Å². The Hall–Kier alpha value is -2.97. The number of H-pyrrole nitrogens is 1. The average Bonchev–Trinajstić information content (AvgIpc) is 2.99. The number of terminal acetylenes is 1. The number of allylic oxidation sites excluding steroid dienone is 2. The van der Waals surface area contributed by atoms with Crippen LogP contribution in [0.4, 0.5) is 0 Å². The third kappa shape index (κ3) is 2.60. The molecule has 0 atom stereocenters. The second-order valence-electron chi connectivity index (χ2n) is 5.20. The van der Waals surface area contributed by atoms with E-state index in [0.29, 0.717) is 28.9 Å². The number of rotatable bonds is 4. The Morgan fingerprint density at radius 3 is 2.96 bits per heavy atom. The molecule has 1 aromatic carbocycles. The van der Waals surface area contributed by atoms with Gasteiger partial charge in [-0.3, -0.25) is 4.79 Å². The Morgan fingerprint density at radius 1 is 1.39 bits per heavy atom. The molecule has 1 aliphatic rings. The first-order chi connectivity index (χ1) is 11.2. The maximum Gasteiger partial charge on any atom is 0.220 e. The normalized spacial score (nSPS) is 14.8. The van der Waals surface area contributed by atoms with Crippen molar-refractivity contribution in [3.05, 3.63) is 47.4 Å². The monoisotopic (exact) mass is 309 g/mol. The molecule has 116 valence electrons. The molecule has 3 rings (SSSR count). The van der Waals surface area contributed by atoms with Crippen molar-refractivity contribution in [2.75, 3.05) is 13.2 Å². The number of hydrogen-bond donors (Lipinski definition) is 3. The second-order valence-corrected chi connectivity index (χ2v) is 5.20. The van der Waals surface area contributed by atoms with Crippen LogP contribution in [0.25, 0.3) is 16.5 Å². The molecule has 1 aliphatic carbocycles. The number of nitrogens with one attached hydrogen (secondary N) is 1. The predicted octanol–water partition coefficient (Wildman–Crippen LogP) is 2.34. The van der Waals surface area contributed by atoms with E-state index >= 15 is 0 Å². The fourth-order valence-corrected chi connectivity index (χ4v) is 2.70. The van der Waals surface area contributed by atoms with E-state index in [-0.39, 0.29) is 19.0 Å². The lowest BCUT2D eigenvalue weighted by molar-refractivity contribution is -0.113. The molecular weight excluding hydrogens is 294 g/mol. The van der Waals surface area contributed by atoms with Gasteiger partial charge in [0.1, 0.15) is 12.4 Å². The SMILES string of the molecule is C#CCOc1cccc2c(C3=C(O)C(=O)C=C(CO)C3)c[nH]c12. The van der Waals surface area contributed by atoms with Crippen molar-refractivity contribution in [2.45, 2.75) is 6.42 Å². The first-order valence-electron chi connectivity index (χ1n) is 7.09. The van der Waals surface area contributed by atoms with Gasteiger partial charge in [0, 0.05) is 29.1 Å². The Labute approximate surface area is 132 Å². The van der Waals surface area contributed by atoms with Gasteiger partial charge < -0.3 is 19.9 Å².